The SMILES string of the molecule is CN(CCC(=O)O)C(=O)NCc1ccc(C(C)(F)F)cc1. The highest BCUT2D eigenvalue weighted by Crippen LogP contribution is 2.26. The number of carboxylic acids is 1. The van der Waals surface area contributed by atoms with Gasteiger partial charge < -0.3 is 15.3 Å². The van der Waals surface area contributed by atoms with Gasteiger partial charge in [-0.2, -0.15) is 0 Å². The first kappa shape index (κ1) is 16.9. The highest BCUT2D eigenvalue weighted by molar-refractivity contribution is 5.75. The first-order chi connectivity index (χ1) is 9.70. The van der Waals surface area contributed by atoms with Gasteiger partial charge in [-0.05, 0) is 5.56 Å². The number of hydrogen-bond acceptors (Lipinski definition) is 2. The second-order valence-corrected chi connectivity index (χ2v) is 4.81. The molecule has 0 atom stereocenters. The van der Waals surface area contributed by atoms with Crippen molar-refractivity contribution in [3.05, 3.63) is 35.4 Å². The molecule has 0 bridgehead atoms. The van der Waals surface area contributed by atoms with Crippen molar-refractivity contribution >= 4 is 12.0 Å². The molecular formula is C14H18F2N2O3. The normalized spacial score (nSPS) is 11.0. The van der Waals surface area contributed by atoms with Crippen LogP contribution in [0.15, 0.2) is 24.3 Å². The highest BCUT2D eigenvalue weighted by Gasteiger charge is 2.23. The molecule has 0 aliphatic carbocycles. The van der Waals surface area contributed by atoms with Gasteiger partial charge in [0.2, 0.25) is 0 Å². The lowest BCUT2D eigenvalue weighted by atomic mass is 10.1. The van der Waals surface area contributed by atoms with Gasteiger partial charge in [0.25, 0.3) is 5.92 Å². The van der Waals surface area contributed by atoms with Crippen LogP contribution in [0.2, 0.25) is 0 Å². The number of rotatable bonds is 6. The van der Waals surface area contributed by atoms with Gasteiger partial charge in [-0.15, -0.1) is 0 Å². The zero-order chi connectivity index (χ0) is 16.0. The number of benzene rings is 1. The van der Waals surface area contributed by atoms with Crippen LogP contribution < -0.4 is 5.32 Å². The van der Waals surface area contributed by atoms with E-state index in [0.717, 1.165) is 6.92 Å². The van der Waals surface area contributed by atoms with E-state index in [0.29, 0.717) is 5.56 Å². The number of hydrogen-bond donors (Lipinski definition) is 2. The third kappa shape index (κ3) is 5.76. The number of carboxylic acid groups (broad SMARTS) is 1. The number of nitrogens with zero attached hydrogens (tertiary/aromatic N) is 1. The zero-order valence-corrected chi connectivity index (χ0v) is 11.9. The molecule has 0 spiro atoms. The Hall–Kier alpha value is -2.18. The van der Waals surface area contributed by atoms with E-state index >= 15 is 0 Å². The van der Waals surface area contributed by atoms with Crippen LogP contribution >= 0.6 is 0 Å². The second-order valence-electron chi connectivity index (χ2n) is 4.81. The minimum Gasteiger partial charge on any atom is -0.481 e. The summed E-state index contributed by atoms with van der Waals surface area (Å²) in [4.78, 5) is 23.3. The lowest BCUT2D eigenvalue weighted by molar-refractivity contribution is -0.137. The van der Waals surface area contributed by atoms with Crippen molar-refractivity contribution in [1.82, 2.24) is 10.2 Å². The zero-order valence-electron chi connectivity index (χ0n) is 11.9. The number of carbonyl (C=O) groups excluding carboxylic acids is 1. The summed E-state index contributed by atoms with van der Waals surface area (Å²) in [6.07, 6.45) is -0.135. The molecule has 21 heavy (non-hydrogen) atoms. The van der Waals surface area contributed by atoms with Crippen LogP contribution in [-0.4, -0.2) is 35.6 Å². The smallest absolute Gasteiger partial charge is 0.317 e. The number of nitrogens with one attached hydrogen (secondary N) is 1. The number of halogens is 2. The van der Waals surface area contributed by atoms with Crippen molar-refractivity contribution in [2.75, 3.05) is 13.6 Å². The molecule has 0 aliphatic rings. The molecule has 0 aliphatic heterocycles. The molecule has 0 radical (unpaired) electrons. The lowest BCUT2D eigenvalue weighted by Crippen LogP contribution is -2.37. The molecule has 0 saturated carbocycles. The molecule has 0 saturated heterocycles. The summed E-state index contributed by atoms with van der Waals surface area (Å²) >= 11 is 0. The van der Waals surface area contributed by atoms with Gasteiger partial charge in [-0.3, -0.25) is 4.79 Å². The molecule has 2 N–H and O–H groups in total. The van der Waals surface area contributed by atoms with E-state index in [9.17, 15) is 18.4 Å². The third-order valence-electron chi connectivity index (χ3n) is 2.91. The van der Waals surface area contributed by atoms with Crippen LogP contribution in [0, 0.1) is 0 Å². The van der Waals surface area contributed by atoms with E-state index in [4.69, 9.17) is 5.11 Å². The summed E-state index contributed by atoms with van der Waals surface area (Å²) in [5.41, 5.74) is 0.596. The minimum absolute atomic E-state index is 0.0869. The maximum Gasteiger partial charge on any atom is 0.317 e. The third-order valence-corrected chi connectivity index (χ3v) is 2.91. The van der Waals surface area contributed by atoms with E-state index in [1.165, 1.54) is 36.2 Å². The Morgan fingerprint density at radius 2 is 1.86 bits per heavy atom. The van der Waals surface area contributed by atoms with E-state index < -0.39 is 17.9 Å². The summed E-state index contributed by atoms with van der Waals surface area (Å²) in [6.45, 7) is 1.11. The summed E-state index contributed by atoms with van der Waals surface area (Å²) in [5, 5.41) is 11.1. The Balaban J connectivity index is 2.48. The number of alkyl halides is 2. The second kappa shape index (κ2) is 7.01. The number of carbonyl (C=O) groups is 2. The van der Waals surface area contributed by atoms with Crippen molar-refractivity contribution in [3.8, 4) is 0 Å². The maximum absolute atomic E-state index is 13.0. The van der Waals surface area contributed by atoms with Crippen molar-refractivity contribution < 1.29 is 23.5 Å². The molecule has 7 heteroatoms. The molecule has 0 aromatic heterocycles. The molecule has 5 nitrogen and oxygen atoms in total. The number of urea groups is 1. The van der Waals surface area contributed by atoms with Gasteiger partial charge in [-0.25, -0.2) is 13.6 Å². The Morgan fingerprint density at radius 3 is 2.33 bits per heavy atom. The standard InChI is InChI=1S/C14H18F2N2O3/c1-14(15,16)11-5-3-10(4-6-11)9-17-13(21)18(2)8-7-12(19)20/h3-6H,7-9H2,1-2H3,(H,17,21)(H,19,20). The minimum atomic E-state index is -2.89. The molecule has 2 amide bonds. The van der Waals surface area contributed by atoms with E-state index in [-0.39, 0.29) is 25.1 Å². The topological polar surface area (TPSA) is 69.6 Å². The predicted molar refractivity (Wildman–Crippen MR) is 73.1 cm³/mol. The van der Waals surface area contributed by atoms with Gasteiger partial charge in [0, 0.05) is 32.6 Å². The lowest BCUT2D eigenvalue weighted by Gasteiger charge is -2.17. The summed E-state index contributed by atoms with van der Waals surface area (Å²) < 4.78 is 26.1. The Bertz CT molecular complexity index is 498. The van der Waals surface area contributed by atoms with E-state index in [2.05, 4.69) is 5.32 Å². The fourth-order valence-corrected chi connectivity index (χ4v) is 1.59. The average Bonchev–Trinajstić information content (AvgIpc) is 2.41. The Labute approximate surface area is 121 Å². The van der Waals surface area contributed by atoms with Crippen molar-refractivity contribution in [2.24, 2.45) is 0 Å². The molecule has 0 heterocycles. The summed E-state index contributed by atoms with van der Waals surface area (Å²) in [5.74, 6) is -3.87. The fraction of sp³-hybridized carbons (Fsp3) is 0.429. The molecule has 0 fully saturated rings. The van der Waals surface area contributed by atoms with Gasteiger partial charge in [-0.1, -0.05) is 24.3 Å². The summed E-state index contributed by atoms with van der Waals surface area (Å²) in [7, 11) is 1.49. The monoisotopic (exact) mass is 300 g/mol. The van der Waals surface area contributed by atoms with Crippen LogP contribution in [0.3, 0.4) is 0 Å². The largest absolute Gasteiger partial charge is 0.481 e. The van der Waals surface area contributed by atoms with Gasteiger partial charge in [0.1, 0.15) is 0 Å². The average molecular weight is 300 g/mol. The molecule has 1 aromatic carbocycles. The highest BCUT2D eigenvalue weighted by atomic mass is 19.3. The maximum atomic E-state index is 13.0. The first-order valence-electron chi connectivity index (χ1n) is 6.38. The van der Waals surface area contributed by atoms with Gasteiger partial charge in [0.05, 0.1) is 6.42 Å². The molecule has 0 unspecified atom stereocenters. The van der Waals surface area contributed by atoms with Crippen LogP contribution in [0.25, 0.3) is 0 Å². The van der Waals surface area contributed by atoms with Crippen molar-refractivity contribution in [2.45, 2.75) is 25.8 Å². The van der Waals surface area contributed by atoms with Crippen molar-refractivity contribution in [1.29, 1.82) is 0 Å². The molecule has 1 rings (SSSR count). The van der Waals surface area contributed by atoms with Crippen LogP contribution in [0.5, 0.6) is 0 Å². The summed E-state index contributed by atoms with van der Waals surface area (Å²) in [6, 6.07) is 5.25. The quantitative estimate of drug-likeness (QED) is 0.847. The van der Waals surface area contributed by atoms with E-state index in [1.807, 2.05) is 0 Å². The van der Waals surface area contributed by atoms with Gasteiger partial charge in [0.15, 0.2) is 0 Å². The molecule has 1 aromatic rings. The Morgan fingerprint density at radius 1 is 1.29 bits per heavy atom. The van der Waals surface area contributed by atoms with E-state index in [1.54, 1.807) is 0 Å². The van der Waals surface area contributed by atoms with Crippen LogP contribution in [0.1, 0.15) is 24.5 Å². The van der Waals surface area contributed by atoms with Crippen molar-refractivity contribution in [3.63, 3.8) is 0 Å². The van der Waals surface area contributed by atoms with Crippen LogP contribution in [-0.2, 0) is 17.3 Å². The first-order valence-corrected chi connectivity index (χ1v) is 6.38. The molecular weight excluding hydrogens is 282 g/mol. The Kier molecular flexibility index (Phi) is 5.63. The molecule has 116 valence electrons. The fourth-order valence-electron chi connectivity index (χ4n) is 1.59. The van der Waals surface area contributed by atoms with Crippen LogP contribution in [0.4, 0.5) is 13.6 Å². The number of aliphatic carboxylic acids is 1. The number of amides is 2. The predicted octanol–water partition coefficient (Wildman–Crippen LogP) is 2.41. The van der Waals surface area contributed by atoms with Gasteiger partial charge >= 0.3 is 12.0 Å².